The number of hydrogen-bond donors (Lipinski definition) is 0. The molecule has 0 fully saturated rings. The Hall–Kier alpha value is -2.08. The van der Waals surface area contributed by atoms with Crippen LogP contribution in [-0.4, -0.2) is 25.0 Å². The number of allylic oxidation sites excluding steroid dienone is 2. The van der Waals surface area contributed by atoms with Crippen molar-refractivity contribution in [3.05, 3.63) is 53.1 Å². The summed E-state index contributed by atoms with van der Waals surface area (Å²) in [7, 11) is 1.30. The molecule has 1 unspecified atom stereocenters. The molecule has 1 aromatic rings. The van der Waals surface area contributed by atoms with Crippen LogP contribution >= 0.6 is 0 Å². The van der Waals surface area contributed by atoms with Crippen molar-refractivity contribution < 1.29 is 27.4 Å². The highest BCUT2D eigenvalue weighted by molar-refractivity contribution is 5.93. The molecule has 0 saturated heterocycles. The van der Waals surface area contributed by atoms with Gasteiger partial charge in [0.2, 0.25) is 0 Å². The van der Waals surface area contributed by atoms with Crippen LogP contribution in [0, 0.1) is 6.92 Å². The van der Waals surface area contributed by atoms with E-state index in [0.717, 1.165) is 16.7 Å². The summed E-state index contributed by atoms with van der Waals surface area (Å²) in [6.07, 6.45) is 0.0409. The fourth-order valence-electron chi connectivity index (χ4n) is 2.53. The van der Waals surface area contributed by atoms with Gasteiger partial charge in [0, 0.05) is 0 Å². The molecule has 23 heavy (non-hydrogen) atoms. The smallest absolute Gasteiger partial charge is 0.465 e. The van der Waals surface area contributed by atoms with E-state index in [0.29, 0.717) is 5.56 Å². The van der Waals surface area contributed by atoms with E-state index < -0.39 is 17.9 Å². The summed E-state index contributed by atoms with van der Waals surface area (Å²) in [5.41, 5.74) is 1.25. The molecule has 0 bridgehead atoms. The van der Waals surface area contributed by atoms with Crippen LogP contribution in [0.5, 0.6) is 0 Å². The number of halogens is 3. The highest BCUT2D eigenvalue weighted by Crippen LogP contribution is 2.35. The molecule has 2 rings (SSSR count). The highest BCUT2D eigenvalue weighted by Gasteiger charge is 2.39. The lowest BCUT2D eigenvalue weighted by Crippen LogP contribution is -2.34. The average molecular weight is 326 g/mol. The van der Waals surface area contributed by atoms with E-state index in [4.69, 9.17) is 4.74 Å². The number of carbonyl (C=O) groups excluding carboxylic acids is 1. The van der Waals surface area contributed by atoms with Crippen LogP contribution in [0.25, 0.3) is 5.57 Å². The van der Waals surface area contributed by atoms with Crippen molar-refractivity contribution in [2.75, 3.05) is 7.11 Å². The Labute approximate surface area is 132 Å². The first kappa shape index (κ1) is 17.3. The van der Waals surface area contributed by atoms with E-state index in [9.17, 15) is 18.0 Å². The van der Waals surface area contributed by atoms with Crippen LogP contribution in [0.3, 0.4) is 0 Å². The normalized spacial score (nSPS) is 21.0. The van der Waals surface area contributed by atoms with E-state index in [1.54, 1.807) is 31.2 Å². The SMILES string of the molecule is COC(=O)c1cccc(C2=CCC(C)(OC(F)(F)F)C=C2)c1C. The number of rotatable bonds is 3. The quantitative estimate of drug-likeness (QED) is 0.771. The number of carbonyl (C=O) groups is 1. The van der Waals surface area contributed by atoms with Crippen molar-refractivity contribution in [3.63, 3.8) is 0 Å². The van der Waals surface area contributed by atoms with Crippen molar-refractivity contribution in [3.8, 4) is 0 Å². The predicted molar refractivity (Wildman–Crippen MR) is 79.8 cm³/mol. The Bertz CT molecular complexity index is 674. The minimum absolute atomic E-state index is 0.0836. The van der Waals surface area contributed by atoms with Crippen LogP contribution in [0.4, 0.5) is 13.2 Å². The summed E-state index contributed by atoms with van der Waals surface area (Å²) in [4.78, 5) is 11.7. The topological polar surface area (TPSA) is 35.5 Å². The Balaban J connectivity index is 2.28. The Morgan fingerprint density at radius 3 is 2.52 bits per heavy atom. The van der Waals surface area contributed by atoms with Gasteiger partial charge in [0.25, 0.3) is 0 Å². The maximum Gasteiger partial charge on any atom is 0.523 e. The third-order valence-corrected chi connectivity index (χ3v) is 3.74. The second kappa shape index (κ2) is 6.20. The molecule has 1 aliphatic carbocycles. The van der Waals surface area contributed by atoms with Gasteiger partial charge in [-0.1, -0.05) is 30.4 Å². The average Bonchev–Trinajstić information content (AvgIpc) is 2.46. The first-order valence-corrected chi connectivity index (χ1v) is 7.00. The number of alkyl halides is 3. The van der Waals surface area contributed by atoms with Gasteiger partial charge in [-0.3, -0.25) is 4.74 Å². The summed E-state index contributed by atoms with van der Waals surface area (Å²) in [6, 6.07) is 5.17. The van der Waals surface area contributed by atoms with Gasteiger partial charge >= 0.3 is 12.3 Å². The summed E-state index contributed by atoms with van der Waals surface area (Å²) < 4.78 is 46.1. The summed E-state index contributed by atoms with van der Waals surface area (Å²) in [6.45, 7) is 3.15. The number of hydrogen-bond acceptors (Lipinski definition) is 3. The van der Waals surface area contributed by atoms with Crippen LogP contribution in [0.15, 0.2) is 36.4 Å². The van der Waals surface area contributed by atoms with Gasteiger partial charge < -0.3 is 4.74 Å². The summed E-state index contributed by atoms with van der Waals surface area (Å²) in [5.74, 6) is -0.449. The van der Waals surface area contributed by atoms with E-state index in [1.165, 1.54) is 20.1 Å². The fourth-order valence-corrected chi connectivity index (χ4v) is 2.53. The van der Waals surface area contributed by atoms with Crippen LogP contribution in [0.1, 0.15) is 34.8 Å². The van der Waals surface area contributed by atoms with Gasteiger partial charge in [0.15, 0.2) is 0 Å². The van der Waals surface area contributed by atoms with Gasteiger partial charge in [0.1, 0.15) is 0 Å². The van der Waals surface area contributed by atoms with Gasteiger partial charge in [-0.25, -0.2) is 4.79 Å². The molecule has 0 spiro atoms. The molecule has 0 N–H and O–H groups in total. The molecule has 0 aromatic heterocycles. The molecule has 1 aromatic carbocycles. The molecule has 0 aliphatic heterocycles. The molecular weight excluding hydrogens is 309 g/mol. The molecule has 0 radical (unpaired) electrons. The lowest BCUT2D eigenvalue weighted by molar-refractivity contribution is -0.355. The van der Waals surface area contributed by atoms with Crippen molar-refractivity contribution in [2.24, 2.45) is 0 Å². The zero-order chi connectivity index (χ0) is 17.3. The summed E-state index contributed by atoms with van der Waals surface area (Å²) >= 11 is 0. The first-order valence-electron chi connectivity index (χ1n) is 7.00. The van der Waals surface area contributed by atoms with E-state index in [-0.39, 0.29) is 6.42 Å². The molecule has 3 nitrogen and oxygen atoms in total. The number of esters is 1. The van der Waals surface area contributed by atoms with E-state index in [2.05, 4.69) is 4.74 Å². The summed E-state index contributed by atoms with van der Waals surface area (Å²) in [5, 5.41) is 0. The lowest BCUT2D eigenvalue weighted by Gasteiger charge is -2.29. The number of benzene rings is 1. The van der Waals surface area contributed by atoms with Crippen LogP contribution in [-0.2, 0) is 9.47 Å². The molecule has 1 aliphatic rings. The Morgan fingerprint density at radius 2 is 2.00 bits per heavy atom. The second-order valence-electron chi connectivity index (χ2n) is 5.53. The van der Waals surface area contributed by atoms with E-state index in [1.807, 2.05) is 6.07 Å². The third-order valence-electron chi connectivity index (χ3n) is 3.74. The molecule has 0 amide bonds. The van der Waals surface area contributed by atoms with Gasteiger partial charge in [-0.15, -0.1) is 13.2 Å². The third kappa shape index (κ3) is 4.01. The Morgan fingerprint density at radius 1 is 1.30 bits per heavy atom. The first-order chi connectivity index (χ1) is 10.7. The molecule has 6 heteroatoms. The maximum absolute atomic E-state index is 12.4. The van der Waals surface area contributed by atoms with Crippen molar-refractivity contribution >= 4 is 11.5 Å². The van der Waals surface area contributed by atoms with Gasteiger partial charge in [-0.05, 0) is 43.0 Å². The van der Waals surface area contributed by atoms with Gasteiger partial charge in [0.05, 0.1) is 18.3 Å². The Kier molecular flexibility index (Phi) is 4.66. The monoisotopic (exact) mass is 326 g/mol. The molecular formula is C17H17F3O3. The second-order valence-corrected chi connectivity index (χ2v) is 5.53. The molecule has 0 saturated carbocycles. The maximum atomic E-state index is 12.4. The van der Waals surface area contributed by atoms with Crippen molar-refractivity contribution in [2.45, 2.75) is 32.2 Å². The van der Waals surface area contributed by atoms with Crippen molar-refractivity contribution in [1.82, 2.24) is 0 Å². The molecule has 124 valence electrons. The predicted octanol–water partition coefficient (Wildman–Crippen LogP) is 4.42. The minimum Gasteiger partial charge on any atom is -0.465 e. The van der Waals surface area contributed by atoms with Crippen LogP contribution < -0.4 is 0 Å². The minimum atomic E-state index is -4.69. The lowest BCUT2D eigenvalue weighted by atomic mass is 9.88. The molecule has 0 heterocycles. The number of ether oxygens (including phenoxy) is 2. The zero-order valence-electron chi connectivity index (χ0n) is 13.0. The largest absolute Gasteiger partial charge is 0.523 e. The van der Waals surface area contributed by atoms with E-state index >= 15 is 0 Å². The van der Waals surface area contributed by atoms with Crippen LogP contribution in [0.2, 0.25) is 0 Å². The van der Waals surface area contributed by atoms with Gasteiger partial charge in [-0.2, -0.15) is 0 Å². The fraction of sp³-hybridized carbons (Fsp3) is 0.353. The highest BCUT2D eigenvalue weighted by atomic mass is 19.4. The number of methoxy groups -OCH3 is 1. The van der Waals surface area contributed by atoms with Crippen molar-refractivity contribution in [1.29, 1.82) is 0 Å². The molecule has 1 atom stereocenters. The standard InChI is InChI=1S/C17H17F3O3/c1-11-13(5-4-6-14(11)15(21)22-3)12-7-9-16(2,10-8-12)23-17(18,19)20/h4-9H,10H2,1-3H3. The zero-order valence-corrected chi connectivity index (χ0v) is 13.0.